The van der Waals surface area contributed by atoms with Crippen molar-refractivity contribution in [3.63, 3.8) is 0 Å². The Morgan fingerprint density at radius 1 is 1.17 bits per heavy atom. The Balaban J connectivity index is 1.85. The van der Waals surface area contributed by atoms with E-state index in [1.54, 1.807) is 14.2 Å². The van der Waals surface area contributed by atoms with Crippen LogP contribution in [-0.2, 0) is 4.79 Å². The standard InChI is InChI=1S/C17H18BrN3O3/c1-23-15-6-4-14(5-7-15)19-11-17(22)21-20-10-12-9-13(18)3-8-16(12)24-2/h3-10,19H,11H2,1-2H3,(H,21,22)/b20-10+. The van der Waals surface area contributed by atoms with Gasteiger partial charge in [-0.15, -0.1) is 0 Å². The second-order valence-corrected chi connectivity index (χ2v) is 5.68. The van der Waals surface area contributed by atoms with Gasteiger partial charge in [0.05, 0.1) is 27.0 Å². The maximum atomic E-state index is 11.8. The van der Waals surface area contributed by atoms with Gasteiger partial charge in [0.15, 0.2) is 0 Å². The second kappa shape index (κ2) is 8.93. The number of methoxy groups -OCH3 is 2. The van der Waals surface area contributed by atoms with E-state index >= 15 is 0 Å². The van der Waals surface area contributed by atoms with E-state index in [0.717, 1.165) is 21.5 Å². The van der Waals surface area contributed by atoms with Gasteiger partial charge in [0.1, 0.15) is 11.5 Å². The van der Waals surface area contributed by atoms with Crippen molar-refractivity contribution in [2.24, 2.45) is 5.10 Å². The van der Waals surface area contributed by atoms with Crippen LogP contribution in [0.25, 0.3) is 0 Å². The van der Waals surface area contributed by atoms with Gasteiger partial charge in [0.2, 0.25) is 0 Å². The number of ether oxygens (including phenoxy) is 2. The molecule has 2 aromatic rings. The van der Waals surface area contributed by atoms with E-state index < -0.39 is 0 Å². The number of carbonyl (C=O) groups excluding carboxylic acids is 1. The molecular weight excluding hydrogens is 374 g/mol. The van der Waals surface area contributed by atoms with E-state index in [1.165, 1.54) is 6.21 Å². The lowest BCUT2D eigenvalue weighted by atomic mass is 10.2. The van der Waals surface area contributed by atoms with Gasteiger partial charge in [0, 0.05) is 15.7 Å². The quantitative estimate of drug-likeness (QED) is 0.561. The summed E-state index contributed by atoms with van der Waals surface area (Å²) in [5, 5.41) is 6.95. The van der Waals surface area contributed by atoms with E-state index in [9.17, 15) is 4.79 Å². The number of nitrogens with one attached hydrogen (secondary N) is 2. The number of anilines is 1. The molecule has 0 aliphatic carbocycles. The SMILES string of the molecule is COc1ccc(NCC(=O)N/N=C/c2cc(Br)ccc2OC)cc1. The minimum absolute atomic E-state index is 0.110. The van der Waals surface area contributed by atoms with Gasteiger partial charge < -0.3 is 14.8 Å². The molecule has 2 N–H and O–H groups in total. The fourth-order valence-electron chi connectivity index (χ4n) is 1.91. The second-order valence-electron chi connectivity index (χ2n) is 4.76. The van der Waals surface area contributed by atoms with Crippen LogP contribution in [0.1, 0.15) is 5.56 Å². The lowest BCUT2D eigenvalue weighted by Crippen LogP contribution is -2.25. The monoisotopic (exact) mass is 391 g/mol. The van der Waals surface area contributed by atoms with Crippen molar-refractivity contribution in [1.29, 1.82) is 0 Å². The number of carbonyl (C=O) groups is 1. The van der Waals surface area contributed by atoms with Crippen molar-refractivity contribution >= 4 is 33.7 Å². The average Bonchev–Trinajstić information content (AvgIpc) is 2.60. The highest BCUT2D eigenvalue weighted by Crippen LogP contribution is 2.21. The fourth-order valence-corrected chi connectivity index (χ4v) is 2.29. The van der Waals surface area contributed by atoms with Crippen LogP contribution in [0.4, 0.5) is 5.69 Å². The molecule has 0 radical (unpaired) electrons. The maximum Gasteiger partial charge on any atom is 0.259 e. The topological polar surface area (TPSA) is 72.0 Å². The van der Waals surface area contributed by atoms with Crippen LogP contribution in [0, 0.1) is 0 Å². The lowest BCUT2D eigenvalue weighted by Gasteiger charge is -2.07. The molecule has 24 heavy (non-hydrogen) atoms. The number of benzene rings is 2. The van der Waals surface area contributed by atoms with Gasteiger partial charge in [-0.05, 0) is 42.5 Å². The van der Waals surface area contributed by atoms with Gasteiger partial charge in [-0.25, -0.2) is 5.43 Å². The molecule has 126 valence electrons. The highest BCUT2D eigenvalue weighted by Gasteiger charge is 2.02. The zero-order chi connectivity index (χ0) is 17.4. The van der Waals surface area contributed by atoms with E-state index in [-0.39, 0.29) is 12.5 Å². The molecule has 0 spiro atoms. The van der Waals surface area contributed by atoms with Gasteiger partial charge in [-0.3, -0.25) is 4.79 Å². The molecule has 0 heterocycles. The van der Waals surface area contributed by atoms with Crippen LogP contribution in [-0.4, -0.2) is 32.9 Å². The minimum Gasteiger partial charge on any atom is -0.497 e. The number of rotatable bonds is 7. The average molecular weight is 392 g/mol. The molecular formula is C17H18BrN3O3. The summed E-state index contributed by atoms with van der Waals surface area (Å²) in [6, 6.07) is 12.8. The van der Waals surface area contributed by atoms with Gasteiger partial charge in [0.25, 0.3) is 5.91 Å². The molecule has 0 fully saturated rings. The van der Waals surface area contributed by atoms with Crippen molar-refractivity contribution in [2.75, 3.05) is 26.1 Å². The van der Waals surface area contributed by atoms with E-state index in [2.05, 4.69) is 31.8 Å². The zero-order valence-corrected chi connectivity index (χ0v) is 15.0. The highest BCUT2D eigenvalue weighted by molar-refractivity contribution is 9.10. The van der Waals surface area contributed by atoms with Crippen molar-refractivity contribution in [2.45, 2.75) is 0 Å². The first-order valence-corrected chi connectivity index (χ1v) is 7.95. The number of hydrogen-bond acceptors (Lipinski definition) is 5. The first-order chi connectivity index (χ1) is 11.6. The molecule has 0 aliphatic rings. The summed E-state index contributed by atoms with van der Waals surface area (Å²) in [7, 11) is 3.19. The number of hydrogen-bond donors (Lipinski definition) is 2. The molecule has 0 atom stereocenters. The molecule has 0 saturated carbocycles. The molecule has 0 unspecified atom stereocenters. The number of hydrazone groups is 1. The van der Waals surface area contributed by atoms with Gasteiger partial charge in [-0.2, -0.15) is 5.10 Å². The summed E-state index contributed by atoms with van der Waals surface area (Å²) in [6.45, 7) is 0.110. The fraction of sp³-hybridized carbons (Fsp3) is 0.176. The van der Waals surface area contributed by atoms with Crippen LogP contribution >= 0.6 is 15.9 Å². The van der Waals surface area contributed by atoms with Crippen LogP contribution in [0.5, 0.6) is 11.5 Å². The molecule has 7 heteroatoms. The third kappa shape index (κ3) is 5.27. The van der Waals surface area contributed by atoms with Crippen molar-refractivity contribution in [1.82, 2.24) is 5.43 Å². The smallest absolute Gasteiger partial charge is 0.259 e. The minimum atomic E-state index is -0.254. The summed E-state index contributed by atoms with van der Waals surface area (Å²) in [6.07, 6.45) is 1.54. The summed E-state index contributed by atoms with van der Waals surface area (Å²) < 4.78 is 11.2. The summed E-state index contributed by atoms with van der Waals surface area (Å²) in [5.41, 5.74) is 4.05. The summed E-state index contributed by atoms with van der Waals surface area (Å²) in [4.78, 5) is 11.8. The Morgan fingerprint density at radius 2 is 1.92 bits per heavy atom. The third-order valence-corrected chi connectivity index (χ3v) is 3.62. The Bertz CT molecular complexity index is 718. The molecule has 1 amide bonds. The summed E-state index contributed by atoms with van der Waals surface area (Å²) in [5.74, 6) is 1.18. The lowest BCUT2D eigenvalue weighted by molar-refractivity contribution is -0.119. The Morgan fingerprint density at radius 3 is 2.58 bits per heavy atom. The number of halogens is 1. The van der Waals surface area contributed by atoms with Gasteiger partial charge >= 0.3 is 0 Å². The molecule has 0 aliphatic heterocycles. The van der Waals surface area contributed by atoms with Crippen molar-refractivity contribution < 1.29 is 14.3 Å². The molecule has 6 nitrogen and oxygen atoms in total. The van der Waals surface area contributed by atoms with E-state index in [1.807, 2.05) is 42.5 Å². The Labute approximate surface area is 149 Å². The summed E-state index contributed by atoms with van der Waals surface area (Å²) >= 11 is 3.38. The predicted molar refractivity (Wildman–Crippen MR) is 97.9 cm³/mol. The van der Waals surface area contributed by atoms with Crippen LogP contribution < -0.4 is 20.2 Å². The highest BCUT2D eigenvalue weighted by atomic mass is 79.9. The maximum absolute atomic E-state index is 11.8. The van der Waals surface area contributed by atoms with Crippen LogP contribution in [0.2, 0.25) is 0 Å². The number of nitrogens with zero attached hydrogens (tertiary/aromatic N) is 1. The first kappa shape index (κ1) is 17.8. The molecule has 0 aromatic heterocycles. The zero-order valence-electron chi connectivity index (χ0n) is 13.4. The largest absolute Gasteiger partial charge is 0.497 e. The third-order valence-electron chi connectivity index (χ3n) is 3.13. The molecule has 2 rings (SSSR count). The molecule has 0 saturated heterocycles. The van der Waals surface area contributed by atoms with Crippen LogP contribution in [0.3, 0.4) is 0 Å². The first-order valence-electron chi connectivity index (χ1n) is 7.15. The van der Waals surface area contributed by atoms with E-state index in [4.69, 9.17) is 9.47 Å². The normalized spacial score (nSPS) is 10.5. The number of amides is 1. The Kier molecular flexibility index (Phi) is 6.62. The molecule has 0 bridgehead atoms. The van der Waals surface area contributed by atoms with Crippen LogP contribution in [0.15, 0.2) is 52.0 Å². The predicted octanol–water partition coefficient (Wildman–Crippen LogP) is 3.03. The van der Waals surface area contributed by atoms with E-state index in [0.29, 0.717) is 5.75 Å². The van der Waals surface area contributed by atoms with Crippen molar-refractivity contribution in [3.8, 4) is 11.5 Å². The van der Waals surface area contributed by atoms with Gasteiger partial charge in [-0.1, -0.05) is 15.9 Å². The van der Waals surface area contributed by atoms with Crippen molar-refractivity contribution in [3.05, 3.63) is 52.5 Å². The molecule has 2 aromatic carbocycles. The Hall–Kier alpha value is -2.54.